The molecule has 0 aromatic rings. The summed E-state index contributed by atoms with van der Waals surface area (Å²) in [5.74, 6) is -0.491. The number of hydrogen-bond acceptors (Lipinski definition) is 4. The van der Waals surface area contributed by atoms with E-state index in [4.69, 9.17) is 4.74 Å². The molecule has 4 nitrogen and oxygen atoms in total. The monoisotopic (exact) mass is 217 g/mol. The van der Waals surface area contributed by atoms with Crippen LogP contribution in [0.25, 0.3) is 0 Å². The molecule has 0 aliphatic heterocycles. The number of rotatable bonds is 3. The molecule has 0 aliphatic carbocycles. The van der Waals surface area contributed by atoms with Crippen molar-refractivity contribution in [2.75, 3.05) is 12.9 Å². The van der Waals surface area contributed by atoms with Crippen LogP contribution in [0.15, 0.2) is 11.3 Å². The van der Waals surface area contributed by atoms with E-state index in [2.05, 4.69) is 5.32 Å². The lowest BCUT2D eigenvalue weighted by Crippen LogP contribution is -2.26. The minimum Gasteiger partial charge on any atom is -0.461 e. The lowest BCUT2D eigenvalue weighted by molar-refractivity contribution is -0.138. The first-order valence-electron chi connectivity index (χ1n) is 4.22. The second-order valence-corrected chi connectivity index (χ2v) is 3.49. The van der Waals surface area contributed by atoms with E-state index in [0.29, 0.717) is 6.61 Å². The number of amides is 1. The third kappa shape index (κ3) is 4.32. The third-order valence-electron chi connectivity index (χ3n) is 1.39. The Hall–Kier alpha value is -0.970. The van der Waals surface area contributed by atoms with Crippen molar-refractivity contribution >= 4 is 23.0 Å². The van der Waals surface area contributed by atoms with E-state index in [0.717, 1.165) is 17.3 Å². The van der Waals surface area contributed by atoms with Crippen molar-refractivity contribution in [2.24, 2.45) is 0 Å². The molecule has 0 radical (unpaired) electrons. The molecule has 1 N–H and O–H groups in total. The van der Waals surface area contributed by atoms with Gasteiger partial charge in [0, 0.05) is 0 Å². The van der Waals surface area contributed by atoms with E-state index in [1.54, 1.807) is 27.0 Å². The quantitative estimate of drug-likeness (QED) is 0.579. The molecule has 0 fully saturated rings. The number of esters is 1. The van der Waals surface area contributed by atoms with Crippen LogP contribution in [0, 0.1) is 0 Å². The Labute approximate surface area is 88.1 Å². The predicted octanol–water partition coefficient (Wildman–Crippen LogP) is 1.92. The maximum Gasteiger partial charge on any atom is 0.354 e. The molecule has 0 spiro atoms. The van der Waals surface area contributed by atoms with Crippen LogP contribution in [0.2, 0.25) is 0 Å². The lowest BCUT2D eigenvalue weighted by Gasteiger charge is -2.09. The Balaban J connectivity index is 4.56. The van der Waals surface area contributed by atoms with Crippen LogP contribution in [0.5, 0.6) is 0 Å². The maximum atomic E-state index is 11.3. The normalized spacial score (nSPS) is 9.14. The molecular weight excluding hydrogens is 202 g/mol. The fourth-order valence-electron chi connectivity index (χ4n) is 0.737. The molecule has 0 heterocycles. The SMILES string of the molecule is CCOC(=O)C(NC(=O)SC)=C(C)C. The average molecular weight is 217 g/mol. The van der Waals surface area contributed by atoms with Gasteiger partial charge in [-0.3, -0.25) is 4.79 Å². The Bertz CT molecular complexity index is 257. The summed E-state index contributed by atoms with van der Waals surface area (Å²) in [6, 6.07) is 0. The molecule has 0 atom stereocenters. The van der Waals surface area contributed by atoms with Gasteiger partial charge >= 0.3 is 5.97 Å². The molecular formula is C9H15NO3S. The standard InChI is InChI=1S/C9H15NO3S/c1-5-13-8(11)7(6(2)3)10-9(12)14-4/h5H2,1-4H3,(H,10,12). The lowest BCUT2D eigenvalue weighted by atomic mass is 10.2. The zero-order valence-corrected chi connectivity index (χ0v) is 9.66. The van der Waals surface area contributed by atoms with E-state index >= 15 is 0 Å². The summed E-state index contributed by atoms with van der Waals surface area (Å²) in [5.41, 5.74) is 0.956. The Kier molecular flexibility index (Phi) is 6.03. The predicted molar refractivity (Wildman–Crippen MR) is 57.1 cm³/mol. The van der Waals surface area contributed by atoms with Crippen molar-refractivity contribution in [3.05, 3.63) is 11.3 Å². The number of carbonyl (C=O) groups excluding carboxylic acids is 2. The topological polar surface area (TPSA) is 55.4 Å². The molecule has 0 aromatic heterocycles. The van der Waals surface area contributed by atoms with Crippen molar-refractivity contribution in [3.63, 3.8) is 0 Å². The maximum absolute atomic E-state index is 11.3. The molecule has 0 aromatic carbocycles. The Morgan fingerprint density at radius 3 is 2.29 bits per heavy atom. The van der Waals surface area contributed by atoms with Crippen molar-refractivity contribution in [1.82, 2.24) is 5.32 Å². The molecule has 0 aliphatic rings. The van der Waals surface area contributed by atoms with Crippen LogP contribution in [0.4, 0.5) is 4.79 Å². The minimum atomic E-state index is -0.491. The Morgan fingerprint density at radius 2 is 1.93 bits per heavy atom. The summed E-state index contributed by atoms with van der Waals surface area (Å²) in [5, 5.41) is 2.21. The number of hydrogen-bond donors (Lipinski definition) is 1. The van der Waals surface area contributed by atoms with Crippen molar-refractivity contribution in [3.8, 4) is 0 Å². The summed E-state index contributed by atoms with van der Waals surface area (Å²) < 4.78 is 4.79. The van der Waals surface area contributed by atoms with Crippen LogP contribution < -0.4 is 5.32 Å². The number of ether oxygens (including phenoxy) is 1. The second-order valence-electron chi connectivity index (χ2n) is 2.71. The number of carbonyl (C=O) groups is 2. The first-order chi connectivity index (χ1) is 6.52. The van der Waals surface area contributed by atoms with Gasteiger partial charge in [0.05, 0.1) is 6.61 Å². The van der Waals surface area contributed by atoms with E-state index in [9.17, 15) is 9.59 Å². The molecule has 0 rings (SSSR count). The van der Waals surface area contributed by atoms with Gasteiger partial charge < -0.3 is 10.1 Å². The fraction of sp³-hybridized carbons (Fsp3) is 0.556. The highest BCUT2D eigenvalue weighted by molar-refractivity contribution is 8.13. The van der Waals surface area contributed by atoms with Gasteiger partial charge in [-0.05, 0) is 32.6 Å². The number of thioether (sulfide) groups is 1. The summed E-state index contributed by atoms with van der Waals surface area (Å²) in [6.07, 6.45) is 1.64. The highest BCUT2D eigenvalue weighted by Gasteiger charge is 2.14. The summed E-state index contributed by atoms with van der Waals surface area (Å²) in [6.45, 7) is 5.50. The van der Waals surface area contributed by atoms with Gasteiger partial charge in [-0.2, -0.15) is 0 Å². The van der Waals surface area contributed by atoms with Crippen molar-refractivity contribution in [1.29, 1.82) is 0 Å². The van der Waals surface area contributed by atoms with E-state index in [1.165, 1.54) is 0 Å². The number of nitrogens with one attached hydrogen (secondary N) is 1. The van der Waals surface area contributed by atoms with Crippen LogP contribution in [-0.4, -0.2) is 24.1 Å². The molecule has 0 unspecified atom stereocenters. The fourth-order valence-corrected chi connectivity index (χ4v) is 0.941. The first-order valence-corrected chi connectivity index (χ1v) is 5.45. The summed E-state index contributed by atoms with van der Waals surface area (Å²) >= 11 is 1.01. The highest BCUT2D eigenvalue weighted by Crippen LogP contribution is 2.05. The molecule has 5 heteroatoms. The minimum absolute atomic E-state index is 0.228. The van der Waals surface area contributed by atoms with Gasteiger partial charge in [0.1, 0.15) is 5.70 Å². The molecule has 1 amide bonds. The van der Waals surface area contributed by atoms with Crippen LogP contribution in [0.1, 0.15) is 20.8 Å². The van der Waals surface area contributed by atoms with Crippen molar-refractivity contribution in [2.45, 2.75) is 20.8 Å². The van der Waals surface area contributed by atoms with Crippen LogP contribution in [0.3, 0.4) is 0 Å². The first kappa shape index (κ1) is 13.0. The average Bonchev–Trinajstić information content (AvgIpc) is 2.13. The molecule has 14 heavy (non-hydrogen) atoms. The van der Waals surface area contributed by atoms with E-state index in [1.807, 2.05) is 0 Å². The zero-order chi connectivity index (χ0) is 11.1. The van der Waals surface area contributed by atoms with E-state index < -0.39 is 5.97 Å². The second kappa shape index (κ2) is 6.48. The molecule has 0 bridgehead atoms. The van der Waals surface area contributed by atoms with Gasteiger partial charge in [0.25, 0.3) is 5.24 Å². The summed E-state index contributed by atoms with van der Waals surface area (Å²) in [4.78, 5) is 22.4. The molecule has 0 saturated carbocycles. The van der Waals surface area contributed by atoms with Gasteiger partial charge in [0.2, 0.25) is 0 Å². The largest absolute Gasteiger partial charge is 0.461 e. The number of allylic oxidation sites excluding steroid dienone is 1. The summed E-state index contributed by atoms with van der Waals surface area (Å²) in [7, 11) is 0. The van der Waals surface area contributed by atoms with E-state index in [-0.39, 0.29) is 10.9 Å². The van der Waals surface area contributed by atoms with Crippen LogP contribution in [-0.2, 0) is 9.53 Å². The Morgan fingerprint density at radius 1 is 1.36 bits per heavy atom. The molecule has 80 valence electrons. The highest BCUT2D eigenvalue weighted by atomic mass is 32.2. The van der Waals surface area contributed by atoms with Gasteiger partial charge in [0.15, 0.2) is 0 Å². The molecule has 0 saturated heterocycles. The zero-order valence-electron chi connectivity index (χ0n) is 8.84. The van der Waals surface area contributed by atoms with Gasteiger partial charge in [-0.1, -0.05) is 11.8 Å². The van der Waals surface area contributed by atoms with Crippen LogP contribution >= 0.6 is 11.8 Å². The van der Waals surface area contributed by atoms with Crippen molar-refractivity contribution < 1.29 is 14.3 Å². The van der Waals surface area contributed by atoms with Gasteiger partial charge in [-0.25, -0.2) is 4.79 Å². The van der Waals surface area contributed by atoms with Gasteiger partial charge in [-0.15, -0.1) is 0 Å². The smallest absolute Gasteiger partial charge is 0.354 e. The third-order valence-corrected chi connectivity index (χ3v) is 1.86.